The van der Waals surface area contributed by atoms with E-state index in [0.29, 0.717) is 34.4 Å². The van der Waals surface area contributed by atoms with Crippen molar-refractivity contribution in [3.63, 3.8) is 0 Å². The van der Waals surface area contributed by atoms with Crippen LogP contribution in [0.25, 0.3) is 0 Å². The average Bonchev–Trinajstić information content (AvgIpc) is 3.15. The Bertz CT molecular complexity index is 1270. The fourth-order valence-electron chi connectivity index (χ4n) is 3.69. The maximum atomic E-state index is 13.5. The first-order valence-corrected chi connectivity index (χ1v) is 12.3. The van der Waals surface area contributed by atoms with Crippen molar-refractivity contribution in [1.29, 1.82) is 0 Å². The number of nitrogens with zero attached hydrogens (tertiary/aromatic N) is 3. The van der Waals surface area contributed by atoms with Crippen molar-refractivity contribution in [2.75, 3.05) is 23.8 Å². The molecule has 6 nitrogen and oxygen atoms in total. The van der Waals surface area contributed by atoms with Gasteiger partial charge in [-0.3, -0.25) is 14.5 Å². The molecule has 0 spiro atoms. The first kappa shape index (κ1) is 24.3. The predicted molar refractivity (Wildman–Crippen MR) is 145 cm³/mol. The largest absolute Gasteiger partial charge is 0.384 e. The summed E-state index contributed by atoms with van der Waals surface area (Å²) in [5.74, 6) is -0.135. The zero-order chi connectivity index (χ0) is 24.8. The van der Waals surface area contributed by atoms with E-state index in [1.54, 1.807) is 17.0 Å². The maximum absolute atomic E-state index is 13.5. The summed E-state index contributed by atoms with van der Waals surface area (Å²) in [4.78, 5) is 34.6. The maximum Gasteiger partial charge on any atom is 0.268 e. The van der Waals surface area contributed by atoms with Gasteiger partial charge in [0.05, 0.1) is 22.8 Å². The van der Waals surface area contributed by atoms with Gasteiger partial charge in [-0.2, -0.15) is 0 Å². The fraction of sp³-hybridized carbons (Fsp3) is 0.179. The van der Waals surface area contributed by atoms with Crippen molar-refractivity contribution < 1.29 is 9.59 Å². The van der Waals surface area contributed by atoms with E-state index < -0.39 is 0 Å². The van der Waals surface area contributed by atoms with Gasteiger partial charge in [-0.05, 0) is 61.5 Å². The van der Waals surface area contributed by atoms with Gasteiger partial charge in [-0.25, -0.2) is 4.99 Å². The SMILES string of the molecule is CCNc1ccc(C(C)=O)cc1N=C1S/C(=C\N(C)c2ccccc2)C(=O)N1Cc1ccccc1. The van der Waals surface area contributed by atoms with E-state index in [1.807, 2.05) is 91.8 Å². The van der Waals surface area contributed by atoms with Crippen LogP contribution in [0.2, 0.25) is 0 Å². The van der Waals surface area contributed by atoms with E-state index in [4.69, 9.17) is 4.99 Å². The lowest BCUT2D eigenvalue weighted by atomic mass is 10.1. The third-order valence-corrected chi connectivity index (χ3v) is 6.53. The van der Waals surface area contributed by atoms with Crippen molar-refractivity contribution in [2.24, 2.45) is 4.99 Å². The summed E-state index contributed by atoms with van der Waals surface area (Å²) in [6.45, 7) is 4.66. The Morgan fingerprint density at radius 1 is 1.06 bits per heavy atom. The minimum Gasteiger partial charge on any atom is -0.384 e. The standard InChI is InChI=1S/C28H28N4O2S/c1-4-29-24-16-15-22(20(2)33)17-25(24)30-28-32(18-21-11-7-5-8-12-21)27(34)26(35-28)19-31(3)23-13-9-6-10-14-23/h5-17,19,29H,4,18H2,1-3H3/b26-19-,30-28?. The van der Waals surface area contributed by atoms with E-state index in [0.717, 1.165) is 16.9 Å². The lowest BCUT2D eigenvalue weighted by Gasteiger charge is -2.17. The Hall–Kier alpha value is -3.84. The Kier molecular flexibility index (Phi) is 7.67. The molecular formula is C28H28N4O2S. The Labute approximate surface area is 210 Å². The summed E-state index contributed by atoms with van der Waals surface area (Å²) < 4.78 is 0. The van der Waals surface area contributed by atoms with E-state index in [1.165, 1.54) is 18.7 Å². The molecule has 7 heteroatoms. The number of carbonyl (C=O) groups excluding carboxylic acids is 2. The Morgan fingerprint density at radius 2 is 1.74 bits per heavy atom. The lowest BCUT2D eigenvalue weighted by Crippen LogP contribution is -2.28. The highest BCUT2D eigenvalue weighted by molar-refractivity contribution is 8.18. The number of anilines is 2. The summed E-state index contributed by atoms with van der Waals surface area (Å²) in [5.41, 5.74) is 4.02. The molecule has 0 radical (unpaired) electrons. The van der Waals surface area contributed by atoms with Crippen LogP contribution in [0.1, 0.15) is 29.8 Å². The van der Waals surface area contributed by atoms with Gasteiger partial charge in [0.25, 0.3) is 5.91 Å². The van der Waals surface area contributed by atoms with Gasteiger partial charge in [-0.15, -0.1) is 0 Å². The molecule has 3 aromatic carbocycles. The van der Waals surface area contributed by atoms with Gasteiger partial charge in [0.15, 0.2) is 11.0 Å². The summed E-state index contributed by atoms with van der Waals surface area (Å²) in [5, 5.41) is 3.88. The van der Waals surface area contributed by atoms with Crippen molar-refractivity contribution in [3.8, 4) is 0 Å². The van der Waals surface area contributed by atoms with Crippen LogP contribution in [0.5, 0.6) is 0 Å². The summed E-state index contributed by atoms with van der Waals surface area (Å²) in [6.07, 6.45) is 1.85. The molecule has 0 aliphatic carbocycles. The predicted octanol–water partition coefficient (Wildman–Crippen LogP) is 6.06. The molecular weight excluding hydrogens is 456 g/mol. The second-order valence-electron chi connectivity index (χ2n) is 8.13. The molecule has 1 amide bonds. The number of aliphatic imine (C=N–C) groups is 1. The van der Waals surface area contributed by atoms with E-state index in [-0.39, 0.29) is 11.7 Å². The molecule has 1 fully saturated rings. The number of benzene rings is 3. The molecule has 35 heavy (non-hydrogen) atoms. The van der Waals surface area contributed by atoms with E-state index in [2.05, 4.69) is 5.32 Å². The number of hydrogen-bond acceptors (Lipinski definition) is 6. The molecule has 0 atom stereocenters. The molecule has 1 saturated heterocycles. The van der Waals surface area contributed by atoms with Crippen LogP contribution in [-0.4, -0.2) is 35.4 Å². The number of rotatable bonds is 8. The van der Waals surface area contributed by atoms with Crippen LogP contribution in [0.4, 0.5) is 17.1 Å². The number of thioether (sulfide) groups is 1. The van der Waals surface area contributed by atoms with Crippen molar-refractivity contribution in [3.05, 3.63) is 101 Å². The second-order valence-corrected chi connectivity index (χ2v) is 9.14. The molecule has 0 aromatic heterocycles. The summed E-state index contributed by atoms with van der Waals surface area (Å²) >= 11 is 1.34. The molecule has 0 bridgehead atoms. The van der Waals surface area contributed by atoms with E-state index in [9.17, 15) is 9.59 Å². The first-order chi connectivity index (χ1) is 17.0. The van der Waals surface area contributed by atoms with Gasteiger partial charge in [0.2, 0.25) is 0 Å². The molecule has 1 N–H and O–H groups in total. The fourth-order valence-corrected chi connectivity index (χ4v) is 4.69. The number of nitrogens with one attached hydrogen (secondary N) is 1. The van der Waals surface area contributed by atoms with Gasteiger partial charge in [0.1, 0.15) is 0 Å². The minimum atomic E-state index is -0.104. The summed E-state index contributed by atoms with van der Waals surface area (Å²) in [6, 6.07) is 25.2. The van der Waals surface area contributed by atoms with Crippen molar-refractivity contribution in [2.45, 2.75) is 20.4 Å². The molecule has 4 rings (SSSR count). The summed E-state index contributed by atoms with van der Waals surface area (Å²) in [7, 11) is 1.92. The molecule has 0 unspecified atom stereocenters. The van der Waals surface area contributed by atoms with Crippen LogP contribution in [-0.2, 0) is 11.3 Å². The monoisotopic (exact) mass is 484 g/mol. The highest BCUT2D eigenvalue weighted by atomic mass is 32.2. The average molecular weight is 485 g/mol. The Balaban J connectivity index is 1.75. The van der Waals surface area contributed by atoms with Crippen LogP contribution >= 0.6 is 11.8 Å². The number of ketones is 1. The van der Waals surface area contributed by atoms with Gasteiger partial charge in [-0.1, -0.05) is 48.5 Å². The molecule has 1 heterocycles. The smallest absolute Gasteiger partial charge is 0.268 e. The third-order valence-electron chi connectivity index (χ3n) is 5.53. The number of carbonyl (C=O) groups is 2. The van der Waals surface area contributed by atoms with E-state index >= 15 is 0 Å². The highest BCUT2D eigenvalue weighted by Crippen LogP contribution is 2.36. The van der Waals surface area contributed by atoms with Crippen LogP contribution < -0.4 is 10.2 Å². The molecule has 1 aliphatic heterocycles. The first-order valence-electron chi connectivity index (χ1n) is 11.5. The van der Waals surface area contributed by atoms with Crippen LogP contribution in [0.15, 0.2) is 95.0 Å². The van der Waals surface area contributed by atoms with Gasteiger partial charge >= 0.3 is 0 Å². The number of amidine groups is 1. The quantitative estimate of drug-likeness (QED) is 0.311. The van der Waals surface area contributed by atoms with Gasteiger partial charge < -0.3 is 10.2 Å². The highest BCUT2D eigenvalue weighted by Gasteiger charge is 2.34. The lowest BCUT2D eigenvalue weighted by molar-refractivity contribution is -0.122. The molecule has 3 aromatic rings. The number of para-hydroxylation sites is 1. The zero-order valence-corrected chi connectivity index (χ0v) is 20.9. The van der Waals surface area contributed by atoms with Crippen LogP contribution in [0, 0.1) is 0 Å². The zero-order valence-electron chi connectivity index (χ0n) is 20.1. The minimum absolute atomic E-state index is 0.0316. The number of amides is 1. The molecule has 178 valence electrons. The Morgan fingerprint density at radius 3 is 2.40 bits per heavy atom. The number of hydrogen-bond donors (Lipinski definition) is 1. The second kappa shape index (κ2) is 11.1. The van der Waals surface area contributed by atoms with Crippen molar-refractivity contribution in [1.82, 2.24) is 4.90 Å². The topological polar surface area (TPSA) is 65.0 Å². The van der Waals surface area contributed by atoms with Crippen molar-refractivity contribution >= 4 is 45.7 Å². The third kappa shape index (κ3) is 5.81. The number of Topliss-reactive ketones (excluding diaryl/α,β-unsaturated/α-hetero) is 1. The molecule has 1 aliphatic rings. The van der Waals surface area contributed by atoms with Gasteiger partial charge in [0, 0.05) is 31.0 Å². The normalized spacial score (nSPS) is 15.6. The molecule has 0 saturated carbocycles. The van der Waals surface area contributed by atoms with Crippen LogP contribution in [0.3, 0.4) is 0 Å².